The molecule has 0 saturated carbocycles. The lowest BCUT2D eigenvalue weighted by Gasteiger charge is -2.16. The first-order chi connectivity index (χ1) is 16.3. The summed E-state index contributed by atoms with van der Waals surface area (Å²) in [5, 5.41) is 14.5. The molecule has 178 valence electrons. The molecule has 0 saturated heterocycles. The number of anilines is 1. The number of fused-ring (bicyclic) bond motifs is 1. The van der Waals surface area contributed by atoms with Crippen LogP contribution < -0.4 is 21.3 Å². The molecule has 0 aliphatic carbocycles. The average Bonchev–Trinajstić information content (AvgIpc) is 3.19. The predicted octanol–water partition coefficient (Wildman–Crippen LogP) is 2.18. The van der Waals surface area contributed by atoms with Gasteiger partial charge >= 0.3 is 5.69 Å². The fraction of sp³-hybridized carbons (Fsp3) is 0.292. The second-order valence-electron chi connectivity index (χ2n) is 8.01. The Kier molecular flexibility index (Phi) is 7.04. The molecule has 10 heteroatoms. The Balaban J connectivity index is 1.60. The van der Waals surface area contributed by atoms with E-state index in [0.717, 1.165) is 16.6 Å². The topological polar surface area (TPSA) is 103 Å². The monoisotopic (exact) mass is 483 g/mol. The van der Waals surface area contributed by atoms with Crippen LogP contribution in [0.5, 0.6) is 5.75 Å². The highest BCUT2D eigenvalue weighted by Gasteiger charge is 2.21. The van der Waals surface area contributed by atoms with Crippen molar-refractivity contribution >= 4 is 28.7 Å². The molecule has 2 heterocycles. The van der Waals surface area contributed by atoms with Crippen LogP contribution >= 0.6 is 11.6 Å². The maximum absolute atomic E-state index is 13.0. The molecule has 9 nitrogen and oxygen atoms in total. The van der Waals surface area contributed by atoms with Gasteiger partial charge < -0.3 is 19.7 Å². The molecule has 4 aromatic rings. The minimum Gasteiger partial charge on any atom is -0.491 e. The van der Waals surface area contributed by atoms with Gasteiger partial charge in [0.15, 0.2) is 11.2 Å². The van der Waals surface area contributed by atoms with Crippen molar-refractivity contribution in [3.63, 3.8) is 0 Å². The fourth-order valence-corrected chi connectivity index (χ4v) is 3.84. The van der Waals surface area contributed by atoms with Crippen LogP contribution in [0.1, 0.15) is 5.56 Å². The summed E-state index contributed by atoms with van der Waals surface area (Å²) in [7, 11) is 2.99. The van der Waals surface area contributed by atoms with Crippen LogP contribution in [0, 0.1) is 0 Å². The van der Waals surface area contributed by atoms with Crippen molar-refractivity contribution in [1.82, 2.24) is 18.7 Å². The Morgan fingerprint density at radius 3 is 2.47 bits per heavy atom. The lowest BCUT2D eigenvalue weighted by atomic mass is 10.1. The fourth-order valence-electron chi connectivity index (χ4n) is 3.71. The number of hydrogen-bond acceptors (Lipinski definition) is 6. The van der Waals surface area contributed by atoms with Crippen molar-refractivity contribution in [3.05, 3.63) is 86.0 Å². The number of rotatable bonds is 9. The van der Waals surface area contributed by atoms with Gasteiger partial charge in [-0.15, -0.1) is 0 Å². The molecule has 0 aliphatic rings. The highest BCUT2D eigenvalue weighted by Crippen LogP contribution is 2.18. The Hall–Kier alpha value is -3.56. The molecule has 2 N–H and O–H groups in total. The van der Waals surface area contributed by atoms with Crippen LogP contribution in [-0.2, 0) is 27.1 Å². The van der Waals surface area contributed by atoms with Crippen molar-refractivity contribution in [2.45, 2.75) is 19.1 Å². The lowest BCUT2D eigenvalue weighted by molar-refractivity contribution is 0.0938. The van der Waals surface area contributed by atoms with E-state index < -0.39 is 17.4 Å². The number of benzene rings is 2. The zero-order chi connectivity index (χ0) is 24.2. The van der Waals surface area contributed by atoms with Gasteiger partial charge in [-0.3, -0.25) is 13.9 Å². The molecule has 34 heavy (non-hydrogen) atoms. The van der Waals surface area contributed by atoms with E-state index in [0.29, 0.717) is 23.3 Å². The van der Waals surface area contributed by atoms with E-state index in [2.05, 4.69) is 10.3 Å². The summed E-state index contributed by atoms with van der Waals surface area (Å²) in [5.74, 6) is 0.966. The number of halogens is 1. The highest BCUT2D eigenvalue weighted by atomic mass is 35.5. The molecule has 0 amide bonds. The standard InChI is InChI=1S/C24H26ClN5O4/c1-28-21-20(22(32)29(2)24(28)33)30(14-18(31)15-34-19-10-8-17(25)9-11-19)23(27-21)26-13-12-16-6-4-3-5-7-16/h3-11,18,31H,12-15H2,1-2H3,(H,26,27). The maximum atomic E-state index is 13.0. The van der Waals surface area contributed by atoms with Gasteiger partial charge in [-0.25, -0.2) is 4.79 Å². The van der Waals surface area contributed by atoms with E-state index in [1.165, 1.54) is 11.6 Å². The minimum absolute atomic E-state index is 0.00313. The largest absolute Gasteiger partial charge is 0.491 e. The van der Waals surface area contributed by atoms with Crippen LogP contribution in [0.3, 0.4) is 0 Å². The van der Waals surface area contributed by atoms with Gasteiger partial charge in [-0.2, -0.15) is 4.98 Å². The molecular weight excluding hydrogens is 458 g/mol. The van der Waals surface area contributed by atoms with Crippen LogP contribution in [0.15, 0.2) is 64.2 Å². The van der Waals surface area contributed by atoms with Crippen molar-refractivity contribution in [3.8, 4) is 5.75 Å². The third-order valence-corrected chi connectivity index (χ3v) is 5.79. The Bertz CT molecular complexity index is 1390. The minimum atomic E-state index is -0.940. The number of nitrogens with one attached hydrogen (secondary N) is 1. The number of hydrogen-bond donors (Lipinski definition) is 2. The zero-order valence-corrected chi connectivity index (χ0v) is 19.7. The van der Waals surface area contributed by atoms with Crippen molar-refractivity contribution in [2.24, 2.45) is 14.1 Å². The zero-order valence-electron chi connectivity index (χ0n) is 18.9. The molecule has 0 radical (unpaired) electrons. The van der Waals surface area contributed by atoms with E-state index in [4.69, 9.17) is 16.3 Å². The van der Waals surface area contributed by atoms with E-state index in [-0.39, 0.29) is 24.3 Å². The first kappa shape index (κ1) is 23.6. The second-order valence-corrected chi connectivity index (χ2v) is 8.44. The van der Waals surface area contributed by atoms with Gasteiger partial charge in [0, 0.05) is 25.7 Å². The van der Waals surface area contributed by atoms with Crippen LogP contribution in [0.25, 0.3) is 11.2 Å². The predicted molar refractivity (Wildman–Crippen MR) is 132 cm³/mol. The lowest BCUT2D eigenvalue weighted by Crippen LogP contribution is -2.38. The van der Waals surface area contributed by atoms with E-state index >= 15 is 0 Å². The quantitative estimate of drug-likeness (QED) is 0.378. The molecule has 1 atom stereocenters. The summed E-state index contributed by atoms with van der Waals surface area (Å²) in [4.78, 5) is 29.9. The molecule has 2 aromatic carbocycles. The van der Waals surface area contributed by atoms with Gasteiger partial charge in [0.1, 0.15) is 18.5 Å². The second kappa shape index (κ2) is 10.1. The summed E-state index contributed by atoms with van der Waals surface area (Å²) in [5.41, 5.74) is 0.688. The SMILES string of the molecule is Cn1c(=O)c2c(nc(NCCc3ccccc3)n2CC(O)COc2ccc(Cl)cc2)n(C)c1=O. The van der Waals surface area contributed by atoms with E-state index in [1.54, 1.807) is 35.9 Å². The molecule has 2 aromatic heterocycles. The molecule has 1 unspecified atom stereocenters. The number of aliphatic hydroxyl groups is 1. The van der Waals surface area contributed by atoms with Crippen molar-refractivity contribution in [1.29, 1.82) is 0 Å². The number of aliphatic hydroxyl groups excluding tert-OH is 1. The van der Waals surface area contributed by atoms with Gasteiger partial charge in [0.2, 0.25) is 5.95 Å². The van der Waals surface area contributed by atoms with Crippen molar-refractivity contribution in [2.75, 3.05) is 18.5 Å². The molecule has 0 aliphatic heterocycles. The number of nitrogens with zero attached hydrogens (tertiary/aromatic N) is 4. The number of ether oxygens (including phenoxy) is 1. The van der Waals surface area contributed by atoms with Crippen LogP contribution in [-0.4, -0.2) is 43.0 Å². The van der Waals surface area contributed by atoms with Crippen LogP contribution in [0.4, 0.5) is 5.95 Å². The summed E-state index contributed by atoms with van der Waals surface area (Å²) in [6, 6.07) is 16.8. The molecule has 4 rings (SSSR count). The van der Waals surface area contributed by atoms with Gasteiger partial charge in [0.25, 0.3) is 5.56 Å². The number of imidazole rings is 1. The highest BCUT2D eigenvalue weighted by molar-refractivity contribution is 6.30. The van der Waals surface area contributed by atoms with Gasteiger partial charge in [-0.05, 0) is 36.2 Å². The molecular formula is C24H26ClN5O4. The number of aromatic nitrogens is 4. The smallest absolute Gasteiger partial charge is 0.332 e. The summed E-state index contributed by atoms with van der Waals surface area (Å²) < 4.78 is 9.63. The summed E-state index contributed by atoms with van der Waals surface area (Å²) in [6.45, 7) is 0.598. The van der Waals surface area contributed by atoms with Crippen LogP contribution in [0.2, 0.25) is 5.02 Å². The first-order valence-corrected chi connectivity index (χ1v) is 11.2. The van der Waals surface area contributed by atoms with Gasteiger partial charge in [-0.1, -0.05) is 41.9 Å². The molecule has 0 spiro atoms. The van der Waals surface area contributed by atoms with Gasteiger partial charge in [0.05, 0.1) is 6.54 Å². The third kappa shape index (κ3) is 5.00. The number of aryl methyl sites for hydroxylation is 1. The normalized spacial score (nSPS) is 12.1. The molecule has 0 bridgehead atoms. The Labute approximate surface area is 200 Å². The third-order valence-electron chi connectivity index (χ3n) is 5.54. The van der Waals surface area contributed by atoms with Crippen molar-refractivity contribution < 1.29 is 9.84 Å². The van der Waals surface area contributed by atoms with E-state index in [1.807, 2.05) is 30.3 Å². The molecule has 0 fully saturated rings. The average molecular weight is 484 g/mol. The maximum Gasteiger partial charge on any atom is 0.332 e. The summed E-state index contributed by atoms with van der Waals surface area (Å²) in [6.07, 6.45) is -0.201. The Morgan fingerprint density at radius 1 is 1.06 bits per heavy atom. The first-order valence-electron chi connectivity index (χ1n) is 10.9. The Morgan fingerprint density at radius 2 is 1.76 bits per heavy atom. The summed E-state index contributed by atoms with van der Waals surface area (Å²) >= 11 is 5.90. The van der Waals surface area contributed by atoms with E-state index in [9.17, 15) is 14.7 Å².